The number of carboxylic acids is 2. The summed E-state index contributed by atoms with van der Waals surface area (Å²) in [6.07, 6.45) is -0.996. The Kier molecular flexibility index (Phi) is 5.81. The normalized spacial score (nSPS) is 12.9. The molecule has 1 aromatic rings. The van der Waals surface area contributed by atoms with Crippen LogP contribution in [-0.2, 0) is 19.6 Å². The Labute approximate surface area is 128 Å². The summed E-state index contributed by atoms with van der Waals surface area (Å²) < 4.78 is 39.6. The van der Waals surface area contributed by atoms with Gasteiger partial charge in [-0.2, -0.15) is 4.72 Å². The molecular formula is C11H11BrFNO6S. The quantitative estimate of drug-likeness (QED) is 0.649. The number of halogens is 2. The van der Waals surface area contributed by atoms with E-state index >= 15 is 0 Å². The molecule has 116 valence electrons. The third kappa shape index (κ3) is 5.06. The van der Waals surface area contributed by atoms with Crippen LogP contribution in [0.1, 0.15) is 12.8 Å². The summed E-state index contributed by atoms with van der Waals surface area (Å²) in [5.74, 6) is -3.87. The predicted molar refractivity (Wildman–Crippen MR) is 72.7 cm³/mol. The number of carboxylic acid groups (broad SMARTS) is 2. The molecule has 0 unspecified atom stereocenters. The molecule has 1 rings (SSSR count). The molecule has 0 saturated heterocycles. The largest absolute Gasteiger partial charge is 0.481 e. The first kappa shape index (κ1) is 17.5. The average Bonchev–Trinajstić information content (AvgIpc) is 2.33. The van der Waals surface area contributed by atoms with Crippen LogP contribution in [0.5, 0.6) is 0 Å². The van der Waals surface area contributed by atoms with Crippen LogP contribution >= 0.6 is 15.9 Å². The van der Waals surface area contributed by atoms with E-state index in [-0.39, 0.29) is 0 Å². The Hall–Kier alpha value is -1.52. The molecule has 0 amide bonds. The number of aliphatic carboxylic acids is 2. The van der Waals surface area contributed by atoms with Crippen molar-refractivity contribution in [2.24, 2.45) is 0 Å². The van der Waals surface area contributed by atoms with Gasteiger partial charge in [0.05, 0.1) is 0 Å². The van der Waals surface area contributed by atoms with Gasteiger partial charge < -0.3 is 10.2 Å². The second kappa shape index (κ2) is 6.96. The zero-order valence-corrected chi connectivity index (χ0v) is 12.8. The lowest BCUT2D eigenvalue weighted by Gasteiger charge is -2.14. The van der Waals surface area contributed by atoms with Crippen molar-refractivity contribution >= 4 is 37.9 Å². The van der Waals surface area contributed by atoms with Crippen molar-refractivity contribution in [3.05, 3.63) is 28.5 Å². The van der Waals surface area contributed by atoms with E-state index in [1.165, 1.54) is 6.07 Å². The minimum absolute atomic E-state index is 0.319. The molecule has 0 fully saturated rings. The van der Waals surface area contributed by atoms with Crippen LogP contribution in [0.15, 0.2) is 27.6 Å². The summed E-state index contributed by atoms with van der Waals surface area (Å²) in [6.45, 7) is 0. The zero-order valence-electron chi connectivity index (χ0n) is 10.4. The molecule has 1 atom stereocenters. The molecule has 10 heteroatoms. The van der Waals surface area contributed by atoms with Crippen molar-refractivity contribution in [3.8, 4) is 0 Å². The monoisotopic (exact) mass is 383 g/mol. The van der Waals surface area contributed by atoms with Crippen LogP contribution in [0.25, 0.3) is 0 Å². The summed E-state index contributed by atoms with van der Waals surface area (Å²) in [5, 5.41) is 17.4. The molecule has 0 heterocycles. The highest BCUT2D eigenvalue weighted by atomic mass is 79.9. The van der Waals surface area contributed by atoms with Gasteiger partial charge in [-0.25, -0.2) is 12.8 Å². The smallest absolute Gasteiger partial charge is 0.321 e. The van der Waals surface area contributed by atoms with Gasteiger partial charge in [-0.1, -0.05) is 15.9 Å². The number of benzene rings is 1. The SMILES string of the molecule is O=C(O)CC[C@H](NS(=O)(=O)c1ccc(Br)cc1F)C(=O)O. The first-order valence-corrected chi connectivity index (χ1v) is 7.83. The van der Waals surface area contributed by atoms with E-state index in [2.05, 4.69) is 15.9 Å². The molecule has 0 radical (unpaired) electrons. The van der Waals surface area contributed by atoms with Gasteiger partial charge in [-0.3, -0.25) is 9.59 Å². The van der Waals surface area contributed by atoms with Crippen LogP contribution in [0.4, 0.5) is 4.39 Å². The first-order chi connectivity index (χ1) is 9.63. The van der Waals surface area contributed by atoms with E-state index in [0.717, 1.165) is 12.1 Å². The van der Waals surface area contributed by atoms with E-state index in [4.69, 9.17) is 10.2 Å². The summed E-state index contributed by atoms with van der Waals surface area (Å²) in [7, 11) is -4.42. The number of hydrogen-bond acceptors (Lipinski definition) is 4. The average molecular weight is 384 g/mol. The minimum atomic E-state index is -4.42. The van der Waals surface area contributed by atoms with Gasteiger partial charge in [-0.15, -0.1) is 0 Å². The Morgan fingerprint density at radius 3 is 2.43 bits per heavy atom. The van der Waals surface area contributed by atoms with Crippen LogP contribution in [0.2, 0.25) is 0 Å². The van der Waals surface area contributed by atoms with Crippen LogP contribution in [-0.4, -0.2) is 36.6 Å². The van der Waals surface area contributed by atoms with E-state index in [1.807, 2.05) is 0 Å². The van der Waals surface area contributed by atoms with Gasteiger partial charge in [0.15, 0.2) is 0 Å². The second-order valence-electron chi connectivity index (χ2n) is 4.02. The Morgan fingerprint density at radius 2 is 1.95 bits per heavy atom. The highest BCUT2D eigenvalue weighted by Gasteiger charge is 2.27. The Morgan fingerprint density at radius 1 is 1.33 bits per heavy atom. The zero-order chi connectivity index (χ0) is 16.2. The van der Waals surface area contributed by atoms with Gasteiger partial charge in [0.25, 0.3) is 0 Å². The van der Waals surface area contributed by atoms with Crippen LogP contribution in [0, 0.1) is 5.82 Å². The highest BCUT2D eigenvalue weighted by Crippen LogP contribution is 2.19. The van der Waals surface area contributed by atoms with Crippen LogP contribution < -0.4 is 4.72 Å². The molecule has 7 nitrogen and oxygen atoms in total. The molecule has 0 aliphatic rings. The molecule has 0 aromatic heterocycles. The highest BCUT2D eigenvalue weighted by molar-refractivity contribution is 9.10. The number of carbonyl (C=O) groups is 2. The fourth-order valence-electron chi connectivity index (χ4n) is 1.44. The molecule has 0 bridgehead atoms. The molecule has 0 aliphatic carbocycles. The van der Waals surface area contributed by atoms with Gasteiger partial charge in [0.2, 0.25) is 10.0 Å². The number of rotatable bonds is 7. The molecule has 0 aliphatic heterocycles. The van der Waals surface area contributed by atoms with Crippen molar-refractivity contribution in [2.75, 3.05) is 0 Å². The number of sulfonamides is 1. The van der Waals surface area contributed by atoms with E-state index in [1.54, 1.807) is 4.72 Å². The Bertz CT molecular complexity index is 663. The maximum absolute atomic E-state index is 13.6. The maximum atomic E-state index is 13.6. The Balaban J connectivity index is 3.00. The second-order valence-corrected chi connectivity index (χ2v) is 6.62. The van der Waals surface area contributed by atoms with Crippen molar-refractivity contribution in [3.63, 3.8) is 0 Å². The van der Waals surface area contributed by atoms with Crippen molar-refractivity contribution in [1.29, 1.82) is 0 Å². The fraction of sp³-hybridized carbons (Fsp3) is 0.273. The molecule has 1 aromatic carbocycles. The van der Waals surface area contributed by atoms with Gasteiger partial charge in [0.1, 0.15) is 16.8 Å². The standard InChI is InChI=1S/C11H11BrFNO6S/c12-6-1-3-9(7(13)5-6)21(19,20)14-8(11(17)18)2-4-10(15)16/h1,3,5,8,14H,2,4H2,(H,15,16)(H,17,18)/t8-/m0/s1. The van der Waals surface area contributed by atoms with Gasteiger partial charge in [0, 0.05) is 10.9 Å². The third-order valence-electron chi connectivity index (χ3n) is 2.43. The molecule has 3 N–H and O–H groups in total. The lowest BCUT2D eigenvalue weighted by Crippen LogP contribution is -2.41. The topological polar surface area (TPSA) is 121 Å². The number of hydrogen-bond donors (Lipinski definition) is 3. The van der Waals surface area contributed by atoms with Crippen molar-refractivity contribution in [1.82, 2.24) is 4.72 Å². The summed E-state index contributed by atoms with van der Waals surface area (Å²) in [5.41, 5.74) is 0. The summed E-state index contributed by atoms with van der Waals surface area (Å²) in [6, 6.07) is 1.51. The summed E-state index contributed by atoms with van der Waals surface area (Å²) in [4.78, 5) is 20.6. The van der Waals surface area contributed by atoms with Gasteiger partial charge >= 0.3 is 11.9 Å². The molecule has 0 saturated carbocycles. The molecular weight excluding hydrogens is 373 g/mol. The van der Waals surface area contributed by atoms with E-state index in [0.29, 0.717) is 4.47 Å². The fourth-order valence-corrected chi connectivity index (χ4v) is 3.06. The van der Waals surface area contributed by atoms with Gasteiger partial charge in [-0.05, 0) is 24.6 Å². The van der Waals surface area contributed by atoms with Crippen molar-refractivity contribution < 1.29 is 32.6 Å². The molecule has 0 spiro atoms. The predicted octanol–water partition coefficient (Wildman–Crippen LogP) is 1.18. The molecule has 21 heavy (non-hydrogen) atoms. The van der Waals surface area contributed by atoms with E-state index < -0.39 is 51.6 Å². The lowest BCUT2D eigenvalue weighted by molar-refractivity contribution is -0.140. The first-order valence-electron chi connectivity index (χ1n) is 5.55. The number of nitrogens with one attached hydrogen (secondary N) is 1. The lowest BCUT2D eigenvalue weighted by atomic mass is 10.2. The third-order valence-corrected chi connectivity index (χ3v) is 4.42. The minimum Gasteiger partial charge on any atom is -0.481 e. The van der Waals surface area contributed by atoms with Crippen molar-refractivity contribution in [2.45, 2.75) is 23.8 Å². The van der Waals surface area contributed by atoms with Crippen LogP contribution in [0.3, 0.4) is 0 Å². The van der Waals surface area contributed by atoms with E-state index in [9.17, 15) is 22.4 Å². The summed E-state index contributed by atoms with van der Waals surface area (Å²) >= 11 is 2.96. The maximum Gasteiger partial charge on any atom is 0.321 e.